The largest absolute Gasteiger partial charge is 0.493 e. The molecule has 3 amide bonds. The Balaban J connectivity index is 1.84. The number of carbonyl (C=O) groups excluding carboxylic acids is 3. The van der Waals surface area contributed by atoms with Crippen molar-refractivity contribution in [3.63, 3.8) is 0 Å². The summed E-state index contributed by atoms with van der Waals surface area (Å²) in [5.41, 5.74) is 0.620. The predicted molar refractivity (Wildman–Crippen MR) is 103 cm³/mol. The van der Waals surface area contributed by atoms with E-state index >= 15 is 0 Å². The zero-order chi connectivity index (χ0) is 21.8. The maximum absolute atomic E-state index is 12.7. The SMILES string of the molecule is COC(=O)c1ccc(CN2C(=O)NC(=Cc3cc(OC)c(OC)c(OC)c3)C2=O)o1. The second-order valence-corrected chi connectivity index (χ2v) is 6.10. The number of nitrogens with one attached hydrogen (secondary N) is 1. The van der Waals surface area contributed by atoms with Crippen molar-refractivity contribution in [1.29, 1.82) is 0 Å². The molecule has 3 rings (SSSR count). The van der Waals surface area contributed by atoms with Gasteiger partial charge in [0.1, 0.15) is 11.5 Å². The van der Waals surface area contributed by atoms with E-state index in [1.165, 1.54) is 46.6 Å². The summed E-state index contributed by atoms with van der Waals surface area (Å²) in [6.07, 6.45) is 1.49. The van der Waals surface area contributed by atoms with E-state index < -0.39 is 17.9 Å². The van der Waals surface area contributed by atoms with Crippen molar-refractivity contribution in [3.8, 4) is 17.2 Å². The normalized spacial score (nSPS) is 14.7. The van der Waals surface area contributed by atoms with E-state index in [2.05, 4.69) is 10.1 Å². The van der Waals surface area contributed by atoms with Gasteiger partial charge in [-0.25, -0.2) is 9.59 Å². The zero-order valence-corrected chi connectivity index (χ0v) is 16.8. The lowest BCUT2D eigenvalue weighted by Gasteiger charge is -2.13. The minimum Gasteiger partial charge on any atom is -0.493 e. The van der Waals surface area contributed by atoms with Crippen molar-refractivity contribution in [1.82, 2.24) is 10.2 Å². The van der Waals surface area contributed by atoms with Gasteiger partial charge in [-0.15, -0.1) is 0 Å². The molecule has 0 saturated carbocycles. The van der Waals surface area contributed by atoms with E-state index in [9.17, 15) is 14.4 Å². The molecule has 1 aromatic heterocycles. The van der Waals surface area contributed by atoms with Crippen molar-refractivity contribution < 1.29 is 37.7 Å². The topological polar surface area (TPSA) is 117 Å². The average molecular weight is 416 g/mol. The van der Waals surface area contributed by atoms with Gasteiger partial charge in [0, 0.05) is 0 Å². The molecule has 10 nitrogen and oxygen atoms in total. The number of nitrogens with zero attached hydrogens (tertiary/aromatic N) is 1. The number of imide groups is 1. The van der Waals surface area contributed by atoms with Crippen LogP contribution < -0.4 is 19.5 Å². The fraction of sp³-hybridized carbons (Fsp3) is 0.250. The van der Waals surface area contributed by atoms with Crippen LogP contribution in [0.3, 0.4) is 0 Å². The molecule has 0 unspecified atom stereocenters. The van der Waals surface area contributed by atoms with Gasteiger partial charge in [-0.1, -0.05) is 0 Å². The molecule has 1 saturated heterocycles. The van der Waals surface area contributed by atoms with Crippen LogP contribution in [-0.2, 0) is 16.1 Å². The number of hydrogen-bond donors (Lipinski definition) is 1. The molecule has 1 fully saturated rings. The number of esters is 1. The molecule has 0 atom stereocenters. The van der Waals surface area contributed by atoms with Gasteiger partial charge in [0.15, 0.2) is 11.5 Å². The van der Waals surface area contributed by atoms with Crippen LogP contribution in [0.25, 0.3) is 6.08 Å². The number of hydrogen-bond acceptors (Lipinski definition) is 8. The summed E-state index contributed by atoms with van der Waals surface area (Å²) in [6.45, 7) is -0.145. The van der Waals surface area contributed by atoms with Crippen LogP contribution in [0, 0.1) is 0 Å². The highest BCUT2D eigenvalue weighted by molar-refractivity contribution is 6.13. The second-order valence-electron chi connectivity index (χ2n) is 6.10. The van der Waals surface area contributed by atoms with Crippen molar-refractivity contribution in [3.05, 3.63) is 47.0 Å². The Morgan fingerprint density at radius 1 is 1.07 bits per heavy atom. The molecule has 1 aromatic carbocycles. The number of rotatable bonds is 7. The average Bonchev–Trinajstić information content (AvgIpc) is 3.32. The highest BCUT2D eigenvalue weighted by Gasteiger charge is 2.34. The third-order valence-corrected chi connectivity index (χ3v) is 4.32. The van der Waals surface area contributed by atoms with Gasteiger partial charge >= 0.3 is 12.0 Å². The van der Waals surface area contributed by atoms with E-state index in [0.29, 0.717) is 22.8 Å². The van der Waals surface area contributed by atoms with Gasteiger partial charge < -0.3 is 28.7 Å². The molecule has 158 valence electrons. The molecule has 0 spiro atoms. The van der Waals surface area contributed by atoms with Crippen molar-refractivity contribution in [2.75, 3.05) is 28.4 Å². The Hall–Kier alpha value is -3.95. The summed E-state index contributed by atoms with van der Waals surface area (Å²) < 4.78 is 25.8. The molecule has 2 heterocycles. The summed E-state index contributed by atoms with van der Waals surface area (Å²) >= 11 is 0. The van der Waals surface area contributed by atoms with Crippen molar-refractivity contribution in [2.24, 2.45) is 0 Å². The predicted octanol–water partition coefficient (Wildman–Crippen LogP) is 2.18. The number of ether oxygens (including phenoxy) is 4. The second kappa shape index (κ2) is 8.60. The summed E-state index contributed by atoms with van der Waals surface area (Å²) in [6, 6.07) is 5.58. The Labute approximate surface area is 171 Å². The molecule has 30 heavy (non-hydrogen) atoms. The van der Waals surface area contributed by atoms with Crippen LogP contribution in [0.5, 0.6) is 17.2 Å². The maximum atomic E-state index is 12.7. The van der Waals surface area contributed by atoms with Gasteiger partial charge in [0.25, 0.3) is 5.91 Å². The van der Waals surface area contributed by atoms with Crippen molar-refractivity contribution in [2.45, 2.75) is 6.54 Å². The quantitative estimate of drug-likeness (QED) is 0.415. The third kappa shape index (κ3) is 3.93. The van der Waals surface area contributed by atoms with Crippen molar-refractivity contribution >= 4 is 24.0 Å². The maximum Gasteiger partial charge on any atom is 0.373 e. The highest BCUT2D eigenvalue weighted by atomic mass is 16.5. The number of furan rings is 1. The van der Waals surface area contributed by atoms with Gasteiger partial charge in [0.2, 0.25) is 11.5 Å². The summed E-state index contributed by atoms with van der Waals surface area (Å²) in [4.78, 5) is 37.4. The number of methoxy groups -OCH3 is 4. The minimum atomic E-state index is -0.651. The Kier molecular flexibility index (Phi) is 5.95. The number of urea groups is 1. The van der Waals surface area contributed by atoms with Crippen LogP contribution >= 0.6 is 0 Å². The standard InChI is InChI=1S/C20H20N2O8/c1-26-15-8-11(9-16(27-2)17(15)28-3)7-13-18(23)22(20(25)21-13)10-12-5-6-14(30-12)19(24)29-4/h5-9H,10H2,1-4H3,(H,21,25). The molecule has 1 aliphatic heterocycles. The Bertz CT molecular complexity index is 999. The molecule has 0 aliphatic carbocycles. The molecule has 1 aliphatic rings. The van der Waals surface area contributed by atoms with Crippen LogP contribution in [0.2, 0.25) is 0 Å². The molecule has 1 N–H and O–H groups in total. The first-order valence-corrected chi connectivity index (χ1v) is 8.73. The van der Waals surface area contributed by atoms with Crippen LogP contribution in [0.15, 0.2) is 34.4 Å². The highest BCUT2D eigenvalue weighted by Crippen LogP contribution is 2.38. The lowest BCUT2D eigenvalue weighted by molar-refractivity contribution is -0.123. The molecule has 0 bridgehead atoms. The van der Waals surface area contributed by atoms with Crippen LogP contribution in [-0.4, -0.2) is 51.2 Å². The first-order chi connectivity index (χ1) is 14.4. The molecule has 10 heteroatoms. The van der Waals surface area contributed by atoms with Gasteiger partial charge in [-0.05, 0) is 35.9 Å². The van der Waals surface area contributed by atoms with E-state index in [1.807, 2.05) is 0 Å². The van der Waals surface area contributed by atoms with Gasteiger partial charge in [-0.3, -0.25) is 9.69 Å². The van der Waals surface area contributed by atoms with Gasteiger partial charge in [0.05, 0.1) is 35.0 Å². The first-order valence-electron chi connectivity index (χ1n) is 8.73. The van der Waals surface area contributed by atoms with Crippen LogP contribution in [0.4, 0.5) is 4.79 Å². The van der Waals surface area contributed by atoms with Gasteiger partial charge in [-0.2, -0.15) is 0 Å². The lowest BCUT2D eigenvalue weighted by atomic mass is 10.1. The van der Waals surface area contributed by atoms with E-state index in [-0.39, 0.29) is 23.8 Å². The Morgan fingerprint density at radius 3 is 2.30 bits per heavy atom. The van der Waals surface area contributed by atoms with E-state index in [1.54, 1.807) is 12.1 Å². The summed E-state index contributed by atoms with van der Waals surface area (Å²) in [7, 11) is 5.66. The number of carbonyl (C=O) groups is 3. The molecule has 2 aromatic rings. The molecular formula is C20H20N2O8. The van der Waals surface area contributed by atoms with Crippen LogP contribution in [0.1, 0.15) is 21.9 Å². The van der Waals surface area contributed by atoms with E-state index in [4.69, 9.17) is 18.6 Å². The summed E-state index contributed by atoms with van der Waals surface area (Å²) in [5.74, 6) is 0.253. The molecular weight excluding hydrogens is 396 g/mol. The smallest absolute Gasteiger partial charge is 0.373 e. The summed E-state index contributed by atoms with van der Waals surface area (Å²) in [5, 5.41) is 2.52. The third-order valence-electron chi connectivity index (χ3n) is 4.32. The molecule has 0 radical (unpaired) electrons. The van der Waals surface area contributed by atoms with E-state index in [0.717, 1.165) is 4.90 Å². The zero-order valence-electron chi connectivity index (χ0n) is 16.8. The number of amides is 3. The number of benzene rings is 1. The fourth-order valence-corrected chi connectivity index (χ4v) is 2.90. The monoisotopic (exact) mass is 416 g/mol. The first kappa shape index (κ1) is 20.8. The fourth-order valence-electron chi connectivity index (χ4n) is 2.90. The minimum absolute atomic E-state index is 0.0206. The Morgan fingerprint density at radius 2 is 1.73 bits per heavy atom. The lowest BCUT2D eigenvalue weighted by Crippen LogP contribution is -2.30.